The maximum atomic E-state index is 12.1. The Kier molecular flexibility index (Phi) is 4.10. The lowest BCUT2D eigenvalue weighted by Crippen LogP contribution is -2.20. The maximum absolute atomic E-state index is 12.1. The van der Waals surface area contributed by atoms with E-state index in [2.05, 4.69) is 11.6 Å². The summed E-state index contributed by atoms with van der Waals surface area (Å²) in [5.41, 5.74) is -0.735. The third-order valence-electron chi connectivity index (χ3n) is 1.58. The minimum Gasteiger partial charge on any atom is -0.445 e. The van der Waals surface area contributed by atoms with Gasteiger partial charge in [-0.15, -0.1) is 23.8 Å². The average molecular weight is 252 g/mol. The van der Waals surface area contributed by atoms with Crippen LogP contribution in [0.25, 0.3) is 0 Å². The van der Waals surface area contributed by atoms with Gasteiger partial charge in [0.1, 0.15) is 5.03 Å². The van der Waals surface area contributed by atoms with E-state index in [9.17, 15) is 12.9 Å². The molecule has 1 rings (SSSR count). The van der Waals surface area contributed by atoms with Crippen molar-refractivity contribution in [3.8, 4) is 0 Å². The molecule has 0 spiro atoms. The topological polar surface area (TPSA) is 12.9 Å². The average Bonchev–Trinajstić information content (AvgIpc) is 2.14. The zero-order valence-corrected chi connectivity index (χ0v) is 9.16. The summed E-state index contributed by atoms with van der Waals surface area (Å²) < 4.78 is 36.4. The van der Waals surface area contributed by atoms with Crippen LogP contribution in [0.2, 0.25) is 5.02 Å². The van der Waals surface area contributed by atoms with Gasteiger partial charge < -0.3 is 12.9 Å². The van der Waals surface area contributed by atoms with E-state index >= 15 is 0 Å². The molecule has 7 heteroatoms. The summed E-state index contributed by atoms with van der Waals surface area (Å²) in [7, 11) is 0. The van der Waals surface area contributed by atoms with E-state index < -0.39 is 12.4 Å². The van der Waals surface area contributed by atoms with Crippen LogP contribution < -0.4 is 0 Å². The molecule has 0 aliphatic heterocycles. The van der Waals surface area contributed by atoms with E-state index in [0.29, 0.717) is 10.0 Å². The first-order valence-corrected chi connectivity index (χ1v) is 5.38. The molecule has 0 fully saturated rings. The third-order valence-corrected chi connectivity index (χ3v) is 3.11. The van der Waals surface area contributed by atoms with Gasteiger partial charge in [-0.05, 0) is 17.9 Å². The molecule has 82 valence electrons. The standard InChI is InChI=1S/C8H7BClF3NS/c1-6(9(11,12)13)5-15-8-7(10)3-2-4-14-8/h2-4H,1,5H2/q-1. The summed E-state index contributed by atoms with van der Waals surface area (Å²) in [4.78, 5) is 3.86. The van der Waals surface area contributed by atoms with Gasteiger partial charge in [-0.25, -0.2) is 4.98 Å². The molecule has 0 saturated carbocycles. The van der Waals surface area contributed by atoms with E-state index in [4.69, 9.17) is 11.6 Å². The van der Waals surface area contributed by atoms with Gasteiger partial charge >= 0.3 is 6.98 Å². The summed E-state index contributed by atoms with van der Waals surface area (Å²) in [5.74, 6) is -0.236. The lowest BCUT2D eigenvalue weighted by Gasteiger charge is -2.16. The van der Waals surface area contributed by atoms with E-state index in [0.717, 1.165) is 11.8 Å². The van der Waals surface area contributed by atoms with Crippen molar-refractivity contribution in [2.24, 2.45) is 0 Å². The Balaban J connectivity index is 2.59. The van der Waals surface area contributed by atoms with Crippen LogP contribution in [0.1, 0.15) is 0 Å². The number of nitrogens with zero attached hydrogens (tertiary/aromatic N) is 1. The van der Waals surface area contributed by atoms with Crippen molar-refractivity contribution in [1.29, 1.82) is 0 Å². The number of halogens is 4. The van der Waals surface area contributed by atoms with Gasteiger partial charge in [-0.2, -0.15) is 0 Å². The van der Waals surface area contributed by atoms with Crippen molar-refractivity contribution in [1.82, 2.24) is 4.98 Å². The van der Waals surface area contributed by atoms with E-state index in [1.165, 1.54) is 6.20 Å². The van der Waals surface area contributed by atoms with Crippen molar-refractivity contribution in [3.63, 3.8) is 0 Å². The van der Waals surface area contributed by atoms with Crippen molar-refractivity contribution >= 4 is 30.3 Å². The first-order chi connectivity index (χ1) is 6.91. The summed E-state index contributed by atoms with van der Waals surface area (Å²) in [6, 6.07) is 3.20. The highest BCUT2D eigenvalue weighted by atomic mass is 35.5. The van der Waals surface area contributed by atoms with Crippen LogP contribution in [0.4, 0.5) is 12.9 Å². The van der Waals surface area contributed by atoms with Gasteiger partial charge in [-0.1, -0.05) is 11.6 Å². The third kappa shape index (κ3) is 3.79. The highest BCUT2D eigenvalue weighted by molar-refractivity contribution is 7.99. The predicted molar refractivity (Wildman–Crippen MR) is 58.2 cm³/mol. The SMILES string of the molecule is C=C(CSc1ncccc1Cl)[B-](F)(F)F. The molecule has 1 nitrogen and oxygen atoms in total. The fourth-order valence-electron chi connectivity index (χ4n) is 0.733. The highest BCUT2D eigenvalue weighted by Crippen LogP contribution is 2.29. The molecule has 0 atom stereocenters. The molecule has 0 unspecified atom stereocenters. The van der Waals surface area contributed by atoms with Crippen LogP contribution in [0, 0.1) is 0 Å². The quantitative estimate of drug-likeness (QED) is 0.597. The number of aromatic nitrogens is 1. The summed E-state index contributed by atoms with van der Waals surface area (Å²) in [6.45, 7) is -1.99. The summed E-state index contributed by atoms with van der Waals surface area (Å²) in [6.07, 6.45) is 1.48. The molecular weight excluding hydrogens is 245 g/mol. The number of rotatable bonds is 4. The van der Waals surface area contributed by atoms with Gasteiger partial charge in [0, 0.05) is 6.20 Å². The van der Waals surface area contributed by atoms with Gasteiger partial charge in [0.2, 0.25) is 0 Å². The van der Waals surface area contributed by atoms with Crippen molar-refractivity contribution in [3.05, 3.63) is 35.4 Å². The molecule has 0 aliphatic rings. The Morgan fingerprint density at radius 1 is 1.53 bits per heavy atom. The molecule has 0 aliphatic carbocycles. The summed E-state index contributed by atoms with van der Waals surface area (Å²) >= 11 is 6.67. The van der Waals surface area contributed by atoms with Crippen LogP contribution in [-0.4, -0.2) is 17.7 Å². The molecule has 0 amide bonds. The van der Waals surface area contributed by atoms with Crippen LogP contribution in [0.3, 0.4) is 0 Å². The molecule has 15 heavy (non-hydrogen) atoms. The minimum absolute atomic E-state index is 0.236. The molecule has 0 radical (unpaired) electrons. The second-order valence-electron chi connectivity index (χ2n) is 2.81. The molecule has 1 heterocycles. The summed E-state index contributed by atoms with van der Waals surface area (Å²) in [5, 5.41) is 0.741. The normalized spacial score (nSPS) is 11.5. The van der Waals surface area contributed by atoms with Crippen molar-refractivity contribution in [2.75, 3.05) is 5.75 Å². The molecule has 1 aromatic heterocycles. The van der Waals surface area contributed by atoms with Crippen molar-refractivity contribution in [2.45, 2.75) is 5.03 Å². The first-order valence-electron chi connectivity index (χ1n) is 4.02. The fourth-order valence-corrected chi connectivity index (χ4v) is 1.87. The number of hydrogen-bond donors (Lipinski definition) is 0. The van der Waals surface area contributed by atoms with Gasteiger partial charge in [0.15, 0.2) is 0 Å². The van der Waals surface area contributed by atoms with Crippen LogP contribution in [0.5, 0.6) is 0 Å². The van der Waals surface area contributed by atoms with Crippen LogP contribution in [-0.2, 0) is 0 Å². The predicted octanol–water partition coefficient (Wildman–Crippen LogP) is 3.77. The second kappa shape index (κ2) is 4.94. The Labute approximate surface area is 94.8 Å². The molecule has 0 bridgehead atoms. The lowest BCUT2D eigenvalue weighted by atomic mass is 9.82. The number of thioether (sulfide) groups is 1. The minimum atomic E-state index is -4.97. The van der Waals surface area contributed by atoms with Gasteiger partial charge in [-0.3, -0.25) is 0 Å². The fraction of sp³-hybridized carbons (Fsp3) is 0.125. The Morgan fingerprint density at radius 3 is 2.73 bits per heavy atom. The van der Waals surface area contributed by atoms with E-state index in [1.54, 1.807) is 12.1 Å². The maximum Gasteiger partial charge on any atom is 0.505 e. The zero-order valence-electron chi connectivity index (χ0n) is 7.59. The number of pyridine rings is 1. The van der Waals surface area contributed by atoms with Crippen molar-refractivity contribution < 1.29 is 12.9 Å². The van der Waals surface area contributed by atoms with Gasteiger partial charge in [0.05, 0.1) is 5.02 Å². The smallest absolute Gasteiger partial charge is 0.445 e. The number of hydrogen-bond acceptors (Lipinski definition) is 2. The van der Waals surface area contributed by atoms with Crippen LogP contribution >= 0.6 is 23.4 Å². The van der Waals surface area contributed by atoms with Crippen LogP contribution in [0.15, 0.2) is 35.4 Å². The lowest BCUT2D eigenvalue weighted by molar-refractivity contribution is 0.491. The molecular formula is C8H7BClF3NS-. The monoisotopic (exact) mass is 252 g/mol. The first kappa shape index (κ1) is 12.5. The second-order valence-corrected chi connectivity index (χ2v) is 4.18. The van der Waals surface area contributed by atoms with Gasteiger partial charge in [0.25, 0.3) is 0 Å². The Hall–Kier alpha value is -0.615. The molecule has 0 N–H and O–H groups in total. The molecule has 1 aromatic rings. The zero-order chi connectivity index (χ0) is 11.5. The Morgan fingerprint density at radius 2 is 2.20 bits per heavy atom. The van der Waals surface area contributed by atoms with E-state index in [-0.39, 0.29) is 5.75 Å². The molecule has 0 aromatic carbocycles. The Bertz CT molecular complexity index is 369. The highest BCUT2D eigenvalue weighted by Gasteiger charge is 2.26. The largest absolute Gasteiger partial charge is 0.505 e. The van der Waals surface area contributed by atoms with E-state index in [1.807, 2.05) is 0 Å². The molecule has 0 saturated heterocycles.